The smallest absolute Gasteiger partial charge is 0.253 e. The number of nitrogens with zero attached hydrogens (tertiary/aromatic N) is 3. The highest BCUT2D eigenvalue weighted by molar-refractivity contribution is 5.95. The van der Waals surface area contributed by atoms with Gasteiger partial charge in [-0.25, -0.2) is 4.98 Å². The molecule has 0 aromatic carbocycles. The van der Waals surface area contributed by atoms with E-state index in [0.717, 1.165) is 36.6 Å². The van der Waals surface area contributed by atoms with Crippen LogP contribution in [0.1, 0.15) is 34.0 Å². The Labute approximate surface area is 124 Å². The van der Waals surface area contributed by atoms with Crippen LogP contribution in [-0.4, -0.2) is 27.0 Å². The Bertz CT molecular complexity index is 662. The molecule has 0 fully saturated rings. The minimum atomic E-state index is -0.0334. The number of aromatic nitrogens is 3. The van der Waals surface area contributed by atoms with Crippen LogP contribution in [0, 0.1) is 19.8 Å². The lowest BCUT2D eigenvalue weighted by atomic mass is 9.97. The van der Waals surface area contributed by atoms with Gasteiger partial charge in [0.05, 0.1) is 11.3 Å². The summed E-state index contributed by atoms with van der Waals surface area (Å²) >= 11 is 0. The zero-order chi connectivity index (χ0) is 14.8. The van der Waals surface area contributed by atoms with Gasteiger partial charge in [0.25, 0.3) is 5.91 Å². The lowest BCUT2D eigenvalue weighted by Crippen LogP contribution is -2.33. The van der Waals surface area contributed by atoms with E-state index < -0.39 is 0 Å². The molecule has 2 aromatic heterocycles. The predicted molar refractivity (Wildman–Crippen MR) is 80.1 cm³/mol. The van der Waals surface area contributed by atoms with Crippen molar-refractivity contribution in [3.63, 3.8) is 0 Å². The summed E-state index contributed by atoms with van der Waals surface area (Å²) < 4.78 is 2.19. The minimum Gasteiger partial charge on any atom is -0.352 e. The number of hydrogen-bond acceptors (Lipinski definition) is 3. The van der Waals surface area contributed by atoms with Crippen LogP contribution in [0.4, 0.5) is 0 Å². The highest BCUT2D eigenvalue weighted by Crippen LogP contribution is 2.18. The van der Waals surface area contributed by atoms with Crippen LogP contribution < -0.4 is 5.32 Å². The number of imidazole rings is 1. The summed E-state index contributed by atoms with van der Waals surface area (Å²) in [5, 5.41) is 3.04. The van der Waals surface area contributed by atoms with Crippen molar-refractivity contribution < 1.29 is 4.79 Å². The van der Waals surface area contributed by atoms with E-state index in [2.05, 4.69) is 19.9 Å². The van der Waals surface area contributed by atoms with E-state index in [1.165, 1.54) is 0 Å². The van der Waals surface area contributed by atoms with E-state index in [9.17, 15) is 4.79 Å². The van der Waals surface area contributed by atoms with E-state index in [0.29, 0.717) is 18.0 Å². The zero-order valence-electron chi connectivity index (χ0n) is 12.5. The summed E-state index contributed by atoms with van der Waals surface area (Å²) in [6.45, 7) is 5.48. The molecule has 21 heavy (non-hydrogen) atoms. The van der Waals surface area contributed by atoms with Crippen molar-refractivity contribution in [3.8, 4) is 0 Å². The Hall–Kier alpha value is -2.17. The van der Waals surface area contributed by atoms with Crippen molar-refractivity contribution in [2.75, 3.05) is 6.54 Å². The molecule has 5 heteroatoms. The molecule has 1 amide bonds. The van der Waals surface area contributed by atoms with Crippen molar-refractivity contribution in [2.24, 2.45) is 5.92 Å². The van der Waals surface area contributed by atoms with E-state index in [-0.39, 0.29) is 5.91 Å². The maximum absolute atomic E-state index is 12.2. The Kier molecular flexibility index (Phi) is 3.73. The van der Waals surface area contributed by atoms with E-state index in [1.807, 2.05) is 38.4 Å². The molecule has 0 bridgehead atoms. The maximum atomic E-state index is 12.2. The quantitative estimate of drug-likeness (QED) is 0.936. The van der Waals surface area contributed by atoms with E-state index in [1.54, 1.807) is 0 Å². The monoisotopic (exact) mass is 284 g/mol. The topological polar surface area (TPSA) is 59.8 Å². The molecule has 3 rings (SSSR count). The van der Waals surface area contributed by atoms with Crippen LogP contribution in [0.2, 0.25) is 0 Å². The Morgan fingerprint density at radius 3 is 3.10 bits per heavy atom. The van der Waals surface area contributed by atoms with Gasteiger partial charge in [-0.3, -0.25) is 9.78 Å². The molecule has 0 unspecified atom stereocenters. The molecule has 0 radical (unpaired) electrons. The number of hydrogen-bond donors (Lipinski definition) is 1. The molecule has 5 nitrogen and oxygen atoms in total. The first-order valence-electron chi connectivity index (χ1n) is 7.36. The maximum Gasteiger partial charge on any atom is 0.253 e. The average Bonchev–Trinajstić information content (AvgIpc) is 2.92. The fourth-order valence-electron chi connectivity index (χ4n) is 2.85. The van der Waals surface area contributed by atoms with E-state index in [4.69, 9.17) is 0 Å². The third-order valence-corrected chi connectivity index (χ3v) is 4.07. The third kappa shape index (κ3) is 2.96. The van der Waals surface area contributed by atoms with Crippen molar-refractivity contribution in [2.45, 2.75) is 33.2 Å². The van der Waals surface area contributed by atoms with Gasteiger partial charge in [-0.15, -0.1) is 0 Å². The number of aryl methyl sites for hydroxylation is 3. The van der Waals surface area contributed by atoms with E-state index >= 15 is 0 Å². The second kappa shape index (κ2) is 5.68. The van der Waals surface area contributed by atoms with Gasteiger partial charge < -0.3 is 9.88 Å². The minimum absolute atomic E-state index is 0.0334. The number of carbonyl (C=O) groups is 1. The molecular weight excluding hydrogens is 264 g/mol. The van der Waals surface area contributed by atoms with Gasteiger partial charge in [-0.1, -0.05) is 0 Å². The predicted octanol–water partition coefficient (Wildman–Crippen LogP) is 1.89. The third-order valence-electron chi connectivity index (χ3n) is 4.07. The molecule has 0 saturated heterocycles. The second-order valence-corrected chi connectivity index (χ2v) is 5.69. The molecule has 2 aromatic rings. The number of fused-ring (bicyclic) bond motifs is 1. The van der Waals surface area contributed by atoms with Gasteiger partial charge >= 0.3 is 0 Å². The highest BCUT2D eigenvalue weighted by Gasteiger charge is 2.20. The van der Waals surface area contributed by atoms with Crippen molar-refractivity contribution in [3.05, 3.63) is 47.3 Å². The molecule has 1 aliphatic heterocycles. The summed E-state index contributed by atoms with van der Waals surface area (Å²) in [7, 11) is 0. The lowest BCUT2D eigenvalue weighted by Gasteiger charge is -2.23. The van der Waals surface area contributed by atoms with Crippen LogP contribution in [0.25, 0.3) is 0 Å². The molecule has 110 valence electrons. The van der Waals surface area contributed by atoms with Gasteiger partial charge in [0.2, 0.25) is 0 Å². The Balaban J connectivity index is 1.59. The first-order valence-corrected chi connectivity index (χ1v) is 7.36. The largest absolute Gasteiger partial charge is 0.352 e. The number of pyridine rings is 1. The van der Waals surface area contributed by atoms with Crippen molar-refractivity contribution in [1.29, 1.82) is 0 Å². The fourth-order valence-corrected chi connectivity index (χ4v) is 2.85. The van der Waals surface area contributed by atoms with Crippen molar-refractivity contribution in [1.82, 2.24) is 19.9 Å². The summed E-state index contributed by atoms with van der Waals surface area (Å²) in [5.74, 6) is 1.55. The normalized spacial score (nSPS) is 17.3. The van der Waals surface area contributed by atoms with Gasteiger partial charge in [0.15, 0.2) is 0 Å². The van der Waals surface area contributed by atoms with Crippen LogP contribution in [0.15, 0.2) is 24.5 Å². The lowest BCUT2D eigenvalue weighted by molar-refractivity contribution is 0.0943. The summed E-state index contributed by atoms with van der Waals surface area (Å²) in [4.78, 5) is 20.9. The number of rotatable bonds is 3. The Morgan fingerprint density at radius 2 is 2.29 bits per heavy atom. The highest BCUT2D eigenvalue weighted by atomic mass is 16.1. The molecule has 0 saturated carbocycles. The number of amides is 1. The molecular formula is C16H20N4O. The van der Waals surface area contributed by atoms with Crippen molar-refractivity contribution >= 4 is 5.91 Å². The van der Waals surface area contributed by atoms with Crippen LogP contribution in [-0.2, 0) is 13.0 Å². The molecule has 1 atom stereocenters. The summed E-state index contributed by atoms with van der Waals surface area (Å²) in [6.07, 6.45) is 5.87. The number of carbonyl (C=O) groups excluding carboxylic acids is 1. The Morgan fingerprint density at radius 1 is 1.43 bits per heavy atom. The SMILES string of the molecule is Cc1ccc(C(=O)NC[C@H]2CCn3ccnc3C2)c(C)n1. The summed E-state index contributed by atoms with van der Waals surface area (Å²) in [5.41, 5.74) is 2.38. The fraction of sp³-hybridized carbons (Fsp3) is 0.438. The summed E-state index contributed by atoms with van der Waals surface area (Å²) in [6, 6.07) is 3.72. The number of nitrogens with one attached hydrogen (secondary N) is 1. The zero-order valence-corrected chi connectivity index (χ0v) is 12.5. The van der Waals surface area contributed by atoms with Crippen LogP contribution in [0.5, 0.6) is 0 Å². The molecule has 1 N–H and O–H groups in total. The van der Waals surface area contributed by atoms with Gasteiger partial charge in [0.1, 0.15) is 5.82 Å². The van der Waals surface area contributed by atoms with Gasteiger partial charge in [-0.2, -0.15) is 0 Å². The molecule has 3 heterocycles. The average molecular weight is 284 g/mol. The molecule has 0 spiro atoms. The van der Waals surface area contributed by atoms with Crippen LogP contribution in [0.3, 0.4) is 0 Å². The first-order chi connectivity index (χ1) is 10.1. The standard InChI is InChI=1S/C16H20N4O/c1-11-3-4-14(12(2)19-11)16(21)18-10-13-5-7-20-8-6-17-15(20)9-13/h3-4,6,8,13H,5,7,9-10H2,1-2H3,(H,18,21)/t13-/m0/s1. The van der Waals surface area contributed by atoms with Gasteiger partial charge in [-0.05, 0) is 38.3 Å². The molecule has 1 aliphatic rings. The molecule has 0 aliphatic carbocycles. The van der Waals surface area contributed by atoms with Crippen LogP contribution >= 0.6 is 0 Å². The second-order valence-electron chi connectivity index (χ2n) is 5.69. The first kappa shape index (κ1) is 13.8. The van der Waals surface area contributed by atoms with Gasteiger partial charge in [0, 0.05) is 37.6 Å².